The number of ether oxygens (including phenoxy) is 2. The monoisotopic (exact) mass is 315 g/mol. The van der Waals surface area contributed by atoms with Gasteiger partial charge in [-0.25, -0.2) is 0 Å². The van der Waals surface area contributed by atoms with Gasteiger partial charge in [-0.15, -0.1) is 0 Å². The van der Waals surface area contributed by atoms with Gasteiger partial charge < -0.3 is 20.3 Å². The van der Waals surface area contributed by atoms with Crippen molar-refractivity contribution in [2.24, 2.45) is 11.7 Å². The summed E-state index contributed by atoms with van der Waals surface area (Å²) in [5.74, 6) is 1.54. The van der Waals surface area contributed by atoms with E-state index >= 15 is 0 Å². The molecule has 100 valence electrons. The Morgan fingerprint density at radius 1 is 1.39 bits per heavy atom. The number of benzene rings is 1. The first-order chi connectivity index (χ1) is 8.54. The standard InChI is InChI=1S/C13H18BrNO3/c1-3-7(2)13(16)12(15)8-4-10-11(5-9(8)14)18-6-17-10/h4-5,7,12-13,16H,3,6,15H2,1-2H3/t7?,12-,13+/m0/s1. The molecule has 0 fully saturated rings. The molecule has 1 aliphatic rings. The second kappa shape index (κ2) is 5.47. The molecule has 3 atom stereocenters. The Hall–Kier alpha value is -0.780. The summed E-state index contributed by atoms with van der Waals surface area (Å²) in [4.78, 5) is 0. The highest BCUT2D eigenvalue weighted by atomic mass is 79.9. The topological polar surface area (TPSA) is 64.7 Å². The summed E-state index contributed by atoms with van der Waals surface area (Å²) < 4.78 is 11.5. The molecule has 1 heterocycles. The summed E-state index contributed by atoms with van der Waals surface area (Å²) in [6, 6.07) is 3.23. The van der Waals surface area contributed by atoms with Crippen LogP contribution in [0.2, 0.25) is 0 Å². The molecule has 0 amide bonds. The average molecular weight is 316 g/mol. The number of hydrogen-bond acceptors (Lipinski definition) is 4. The van der Waals surface area contributed by atoms with E-state index in [1.165, 1.54) is 0 Å². The van der Waals surface area contributed by atoms with E-state index in [2.05, 4.69) is 15.9 Å². The first kappa shape index (κ1) is 13.6. The van der Waals surface area contributed by atoms with Crippen molar-refractivity contribution in [3.8, 4) is 11.5 Å². The summed E-state index contributed by atoms with van der Waals surface area (Å²) in [6.45, 7) is 4.26. The maximum atomic E-state index is 10.2. The molecule has 0 bridgehead atoms. The van der Waals surface area contributed by atoms with Gasteiger partial charge in [-0.3, -0.25) is 0 Å². The molecule has 18 heavy (non-hydrogen) atoms. The molecule has 1 aliphatic heterocycles. The van der Waals surface area contributed by atoms with Crippen LogP contribution >= 0.6 is 15.9 Å². The zero-order valence-corrected chi connectivity index (χ0v) is 12.1. The highest BCUT2D eigenvalue weighted by Gasteiger charge is 2.26. The highest BCUT2D eigenvalue weighted by Crippen LogP contribution is 2.39. The van der Waals surface area contributed by atoms with Crippen LogP contribution < -0.4 is 15.2 Å². The summed E-state index contributed by atoms with van der Waals surface area (Å²) in [7, 11) is 0. The van der Waals surface area contributed by atoms with Crippen LogP contribution in [0, 0.1) is 5.92 Å². The smallest absolute Gasteiger partial charge is 0.231 e. The predicted molar refractivity (Wildman–Crippen MR) is 72.7 cm³/mol. The van der Waals surface area contributed by atoms with Crippen LogP contribution in [-0.4, -0.2) is 18.0 Å². The lowest BCUT2D eigenvalue weighted by Crippen LogP contribution is -2.31. The maximum Gasteiger partial charge on any atom is 0.231 e. The van der Waals surface area contributed by atoms with Crippen LogP contribution in [0.5, 0.6) is 11.5 Å². The fraction of sp³-hybridized carbons (Fsp3) is 0.538. The zero-order chi connectivity index (χ0) is 13.3. The zero-order valence-electron chi connectivity index (χ0n) is 10.5. The molecule has 1 aromatic carbocycles. The van der Waals surface area contributed by atoms with Gasteiger partial charge in [-0.2, -0.15) is 0 Å². The molecule has 0 saturated carbocycles. The van der Waals surface area contributed by atoms with Gasteiger partial charge in [-0.1, -0.05) is 36.2 Å². The van der Waals surface area contributed by atoms with Gasteiger partial charge in [0.25, 0.3) is 0 Å². The van der Waals surface area contributed by atoms with Crippen molar-refractivity contribution in [1.29, 1.82) is 0 Å². The Labute approximate surface area is 115 Å². The molecule has 0 aromatic heterocycles. The first-order valence-corrected chi connectivity index (χ1v) is 6.86. The number of rotatable bonds is 4. The lowest BCUT2D eigenvalue weighted by Gasteiger charge is -2.25. The van der Waals surface area contributed by atoms with Crippen LogP contribution in [0.15, 0.2) is 16.6 Å². The molecule has 1 unspecified atom stereocenters. The van der Waals surface area contributed by atoms with Gasteiger partial charge in [0, 0.05) is 4.47 Å². The van der Waals surface area contributed by atoms with Crippen molar-refractivity contribution in [1.82, 2.24) is 0 Å². The molecule has 1 aromatic rings. The third kappa shape index (κ3) is 2.48. The van der Waals surface area contributed by atoms with E-state index in [9.17, 15) is 5.11 Å². The lowest BCUT2D eigenvalue weighted by molar-refractivity contribution is 0.0877. The normalized spacial score (nSPS) is 18.5. The van der Waals surface area contributed by atoms with Crippen LogP contribution in [0.1, 0.15) is 31.9 Å². The number of halogens is 1. The number of hydrogen-bond donors (Lipinski definition) is 2. The Morgan fingerprint density at radius 3 is 2.61 bits per heavy atom. The van der Waals surface area contributed by atoms with E-state index in [1.807, 2.05) is 26.0 Å². The second-order valence-corrected chi connectivity index (χ2v) is 5.48. The Morgan fingerprint density at radius 2 is 2.00 bits per heavy atom. The summed E-state index contributed by atoms with van der Waals surface area (Å²) in [5, 5.41) is 10.2. The van der Waals surface area contributed by atoms with Crippen molar-refractivity contribution in [3.63, 3.8) is 0 Å². The molecule has 3 N–H and O–H groups in total. The average Bonchev–Trinajstić information content (AvgIpc) is 2.82. The van der Waals surface area contributed by atoms with Gasteiger partial charge in [-0.05, 0) is 23.6 Å². The molecule has 0 saturated heterocycles. The van der Waals surface area contributed by atoms with Crippen LogP contribution in [0.3, 0.4) is 0 Å². The molecule has 5 heteroatoms. The minimum Gasteiger partial charge on any atom is -0.454 e. The molecule has 4 nitrogen and oxygen atoms in total. The lowest BCUT2D eigenvalue weighted by atomic mass is 9.91. The third-order valence-electron chi connectivity index (χ3n) is 3.45. The van der Waals surface area contributed by atoms with Gasteiger partial charge in [0.15, 0.2) is 11.5 Å². The minimum absolute atomic E-state index is 0.150. The van der Waals surface area contributed by atoms with Crippen LogP contribution in [0.4, 0.5) is 0 Å². The molecule has 0 spiro atoms. The van der Waals surface area contributed by atoms with E-state index in [4.69, 9.17) is 15.2 Å². The first-order valence-electron chi connectivity index (χ1n) is 6.07. The number of aliphatic hydroxyl groups is 1. The third-order valence-corrected chi connectivity index (χ3v) is 4.13. The minimum atomic E-state index is -0.577. The van der Waals surface area contributed by atoms with Crippen molar-refractivity contribution in [2.75, 3.05) is 6.79 Å². The second-order valence-electron chi connectivity index (χ2n) is 4.63. The van der Waals surface area contributed by atoms with Gasteiger partial charge >= 0.3 is 0 Å². The van der Waals surface area contributed by atoms with E-state index in [-0.39, 0.29) is 12.7 Å². The molecule has 0 radical (unpaired) electrons. The van der Waals surface area contributed by atoms with Gasteiger partial charge in [0.1, 0.15) is 0 Å². The fourth-order valence-electron chi connectivity index (χ4n) is 1.97. The van der Waals surface area contributed by atoms with Crippen molar-refractivity contribution in [2.45, 2.75) is 32.4 Å². The SMILES string of the molecule is CCC(C)[C@@H](O)[C@@H](N)c1cc2c(cc1Br)OCO2. The summed E-state index contributed by atoms with van der Waals surface area (Å²) in [5.41, 5.74) is 6.97. The highest BCUT2D eigenvalue weighted by molar-refractivity contribution is 9.10. The van der Waals surface area contributed by atoms with E-state index < -0.39 is 12.1 Å². The van der Waals surface area contributed by atoms with Gasteiger partial charge in [0.05, 0.1) is 12.1 Å². The maximum absolute atomic E-state index is 10.2. The quantitative estimate of drug-likeness (QED) is 0.896. The Bertz CT molecular complexity index is 438. The largest absolute Gasteiger partial charge is 0.454 e. The van der Waals surface area contributed by atoms with Crippen molar-refractivity contribution >= 4 is 15.9 Å². The van der Waals surface area contributed by atoms with Gasteiger partial charge in [0.2, 0.25) is 6.79 Å². The van der Waals surface area contributed by atoms with E-state index in [0.717, 1.165) is 16.5 Å². The van der Waals surface area contributed by atoms with E-state index in [1.54, 1.807) is 0 Å². The van der Waals surface area contributed by atoms with Crippen LogP contribution in [0.25, 0.3) is 0 Å². The Balaban J connectivity index is 2.28. The number of fused-ring (bicyclic) bond motifs is 1. The fourth-order valence-corrected chi connectivity index (χ4v) is 2.55. The number of aliphatic hydroxyl groups excluding tert-OH is 1. The molecule has 0 aliphatic carbocycles. The van der Waals surface area contributed by atoms with Crippen molar-refractivity contribution in [3.05, 3.63) is 22.2 Å². The Kier molecular flexibility index (Phi) is 4.14. The molecule has 2 rings (SSSR count). The molecular weight excluding hydrogens is 298 g/mol. The van der Waals surface area contributed by atoms with Crippen molar-refractivity contribution < 1.29 is 14.6 Å². The van der Waals surface area contributed by atoms with Crippen LogP contribution in [-0.2, 0) is 0 Å². The summed E-state index contributed by atoms with van der Waals surface area (Å²) >= 11 is 3.46. The van der Waals surface area contributed by atoms with E-state index in [0.29, 0.717) is 11.5 Å². The predicted octanol–water partition coefficient (Wildman–Crippen LogP) is 2.58. The number of nitrogens with two attached hydrogens (primary N) is 1. The summed E-state index contributed by atoms with van der Waals surface area (Å²) in [6.07, 6.45) is 0.309. The molecular formula is C13H18BrNO3.